The highest BCUT2D eigenvalue weighted by Crippen LogP contribution is 2.30. The molecule has 1 aliphatic heterocycles. The second-order valence-corrected chi connectivity index (χ2v) is 6.73. The van der Waals surface area contributed by atoms with Crippen molar-refractivity contribution in [3.8, 4) is 0 Å². The first-order valence-electron chi connectivity index (χ1n) is 6.86. The zero-order valence-corrected chi connectivity index (χ0v) is 12.9. The largest absolute Gasteiger partial charge is 0.396 e. The normalized spacial score (nSPS) is 26.5. The van der Waals surface area contributed by atoms with Gasteiger partial charge >= 0.3 is 0 Å². The van der Waals surface area contributed by atoms with E-state index in [1.54, 1.807) is 18.4 Å². The van der Waals surface area contributed by atoms with Gasteiger partial charge in [0.15, 0.2) is 0 Å². The van der Waals surface area contributed by atoms with Crippen LogP contribution in [-0.2, 0) is 11.3 Å². The lowest BCUT2D eigenvalue weighted by molar-refractivity contribution is 0.0423. The van der Waals surface area contributed by atoms with Crippen LogP contribution in [0.2, 0.25) is 0 Å². The highest BCUT2D eigenvalue weighted by molar-refractivity contribution is 7.09. The summed E-state index contributed by atoms with van der Waals surface area (Å²) in [7, 11) is 1.71. The van der Waals surface area contributed by atoms with E-state index in [4.69, 9.17) is 4.74 Å². The topological polar surface area (TPSA) is 45.6 Å². The number of ether oxygens (including phenoxy) is 1. The summed E-state index contributed by atoms with van der Waals surface area (Å²) in [6, 6.07) is 0. The molecule has 0 bridgehead atoms. The molecule has 0 aromatic carbocycles. The van der Waals surface area contributed by atoms with E-state index >= 15 is 0 Å². The number of rotatable bonds is 5. The molecule has 2 atom stereocenters. The van der Waals surface area contributed by atoms with E-state index in [1.807, 2.05) is 6.92 Å². The predicted octanol–water partition coefficient (Wildman–Crippen LogP) is 2.44. The minimum atomic E-state index is 0.0525. The van der Waals surface area contributed by atoms with E-state index in [9.17, 15) is 5.11 Å². The molecule has 5 heteroatoms. The number of thiazole rings is 1. The van der Waals surface area contributed by atoms with Crippen molar-refractivity contribution in [2.75, 3.05) is 26.8 Å². The highest BCUT2D eigenvalue weighted by atomic mass is 32.1. The van der Waals surface area contributed by atoms with Gasteiger partial charge in [-0.3, -0.25) is 4.90 Å². The van der Waals surface area contributed by atoms with Crippen LogP contribution >= 0.6 is 11.3 Å². The second-order valence-electron chi connectivity index (χ2n) is 5.84. The van der Waals surface area contributed by atoms with Gasteiger partial charge in [-0.15, -0.1) is 11.3 Å². The number of methoxy groups -OCH3 is 1. The number of aliphatic hydroxyl groups excluding tert-OH is 1. The molecule has 2 rings (SSSR count). The number of hydrogen-bond donors (Lipinski definition) is 1. The summed E-state index contributed by atoms with van der Waals surface area (Å²) in [5.41, 5.74) is 1.17. The minimum absolute atomic E-state index is 0.0525. The fourth-order valence-electron chi connectivity index (χ4n) is 2.60. The lowest BCUT2D eigenvalue weighted by atomic mass is 9.83. The Labute approximate surface area is 119 Å². The third-order valence-electron chi connectivity index (χ3n) is 3.90. The van der Waals surface area contributed by atoms with E-state index in [1.165, 1.54) is 0 Å². The van der Waals surface area contributed by atoms with Gasteiger partial charge in [-0.2, -0.15) is 0 Å². The second kappa shape index (κ2) is 6.31. The lowest BCUT2D eigenvalue weighted by Gasteiger charge is -2.39. The maximum absolute atomic E-state index is 9.49. The number of hydrogen-bond acceptors (Lipinski definition) is 5. The summed E-state index contributed by atoms with van der Waals surface area (Å²) in [6.45, 7) is 7.39. The zero-order valence-electron chi connectivity index (χ0n) is 12.1. The maximum Gasteiger partial charge on any atom is 0.122 e. The van der Waals surface area contributed by atoms with Crippen molar-refractivity contribution in [3.63, 3.8) is 0 Å². The number of aliphatic hydroxyl groups is 1. The van der Waals surface area contributed by atoms with Crippen LogP contribution in [0.4, 0.5) is 0 Å². The maximum atomic E-state index is 9.49. The zero-order chi connectivity index (χ0) is 13.9. The fourth-order valence-corrected chi connectivity index (χ4v) is 3.45. The number of likely N-dealkylation sites (tertiary alicyclic amines) is 1. The van der Waals surface area contributed by atoms with Crippen LogP contribution in [0.3, 0.4) is 0 Å². The van der Waals surface area contributed by atoms with Gasteiger partial charge in [-0.05, 0) is 26.3 Å². The molecule has 19 heavy (non-hydrogen) atoms. The molecule has 108 valence electrons. The molecule has 1 aromatic heterocycles. The van der Waals surface area contributed by atoms with Gasteiger partial charge < -0.3 is 9.84 Å². The summed E-state index contributed by atoms with van der Waals surface area (Å²) < 4.78 is 5.29. The van der Waals surface area contributed by atoms with E-state index in [0.29, 0.717) is 0 Å². The van der Waals surface area contributed by atoms with E-state index in [2.05, 4.69) is 22.2 Å². The molecule has 1 aromatic rings. The Morgan fingerprint density at radius 1 is 1.63 bits per heavy atom. The van der Waals surface area contributed by atoms with Gasteiger partial charge in [0.05, 0.1) is 5.69 Å². The molecule has 1 N–H and O–H groups in total. The van der Waals surface area contributed by atoms with Crippen LogP contribution in [0.25, 0.3) is 0 Å². The molecule has 0 spiro atoms. The van der Waals surface area contributed by atoms with Crippen molar-refractivity contribution in [3.05, 3.63) is 16.1 Å². The van der Waals surface area contributed by atoms with Gasteiger partial charge in [0, 0.05) is 37.6 Å². The van der Waals surface area contributed by atoms with Gasteiger partial charge in [0.25, 0.3) is 0 Å². The van der Waals surface area contributed by atoms with Crippen LogP contribution in [0, 0.1) is 5.41 Å². The van der Waals surface area contributed by atoms with Crippen LogP contribution in [-0.4, -0.2) is 41.8 Å². The Morgan fingerprint density at radius 3 is 3.11 bits per heavy atom. The van der Waals surface area contributed by atoms with Crippen molar-refractivity contribution in [2.45, 2.75) is 39.3 Å². The lowest BCUT2D eigenvalue weighted by Crippen LogP contribution is -2.43. The highest BCUT2D eigenvalue weighted by Gasteiger charge is 2.30. The van der Waals surface area contributed by atoms with Gasteiger partial charge in [-0.1, -0.05) is 6.92 Å². The molecular formula is C14H24N2O2S. The number of aromatic nitrogens is 1. The van der Waals surface area contributed by atoms with Gasteiger partial charge in [-0.25, -0.2) is 4.98 Å². The molecule has 2 unspecified atom stereocenters. The van der Waals surface area contributed by atoms with Crippen molar-refractivity contribution in [1.82, 2.24) is 9.88 Å². The van der Waals surface area contributed by atoms with Crippen molar-refractivity contribution in [2.24, 2.45) is 5.41 Å². The quantitative estimate of drug-likeness (QED) is 0.902. The van der Waals surface area contributed by atoms with Crippen LogP contribution in [0.15, 0.2) is 5.38 Å². The average Bonchev–Trinajstić information content (AvgIpc) is 2.86. The third kappa shape index (κ3) is 3.75. The molecule has 0 saturated carbocycles. The smallest absolute Gasteiger partial charge is 0.122 e. The van der Waals surface area contributed by atoms with Crippen molar-refractivity contribution < 1.29 is 9.84 Å². The minimum Gasteiger partial charge on any atom is -0.396 e. The first-order valence-corrected chi connectivity index (χ1v) is 7.74. The van der Waals surface area contributed by atoms with Crippen molar-refractivity contribution in [1.29, 1.82) is 0 Å². The van der Waals surface area contributed by atoms with E-state index in [0.717, 1.165) is 43.2 Å². The summed E-state index contributed by atoms with van der Waals surface area (Å²) in [6.07, 6.45) is 2.34. The van der Waals surface area contributed by atoms with E-state index in [-0.39, 0.29) is 18.1 Å². The van der Waals surface area contributed by atoms with Crippen LogP contribution < -0.4 is 0 Å². The SMILES string of the molecule is COC(C)c1nc(CN2CCCC(C)(CO)C2)cs1. The van der Waals surface area contributed by atoms with E-state index < -0.39 is 0 Å². The first-order chi connectivity index (χ1) is 9.06. The molecule has 0 amide bonds. The van der Waals surface area contributed by atoms with Crippen LogP contribution in [0.5, 0.6) is 0 Å². The Kier molecular flexibility index (Phi) is 4.95. The molecule has 0 radical (unpaired) electrons. The third-order valence-corrected chi connectivity index (χ3v) is 4.95. The Hall–Kier alpha value is -0.490. The summed E-state index contributed by atoms with van der Waals surface area (Å²) in [5.74, 6) is 0. The number of nitrogens with zero attached hydrogens (tertiary/aromatic N) is 2. The van der Waals surface area contributed by atoms with Crippen molar-refractivity contribution >= 4 is 11.3 Å². The molecule has 0 aliphatic carbocycles. The molecule has 1 saturated heterocycles. The summed E-state index contributed by atoms with van der Waals surface area (Å²) in [5, 5.41) is 12.6. The standard InChI is InChI=1S/C14H24N2O2S/c1-11(18-3)13-15-12(8-19-13)7-16-6-4-5-14(2,9-16)10-17/h8,11,17H,4-7,9-10H2,1-3H3. The Balaban J connectivity index is 1.95. The molecular weight excluding hydrogens is 260 g/mol. The molecule has 4 nitrogen and oxygen atoms in total. The molecule has 1 fully saturated rings. The average molecular weight is 284 g/mol. The fraction of sp³-hybridized carbons (Fsp3) is 0.786. The summed E-state index contributed by atoms with van der Waals surface area (Å²) in [4.78, 5) is 7.04. The molecule has 2 heterocycles. The predicted molar refractivity (Wildman–Crippen MR) is 77.2 cm³/mol. The number of piperidine rings is 1. The Morgan fingerprint density at radius 2 is 2.42 bits per heavy atom. The first kappa shape index (κ1) is 14.9. The van der Waals surface area contributed by atoms with Crippen LogP contribution in [0.1, 0.15) is 43.5 Å². The molecule has 1 aliphatic rings. The monoisotopic (exact) mass is 284 g/mol. The van der Waals surface area contributed by atoms with Gasteiger partial charge in [0.2, 0.25) is 0 Å². The summed E-state index contributed by atoms with van der Waals surface area (Å²) >= 11 is 1.66. The van der Waals surface area contributed by atoms with Gasteiger partial charge in [0.1, 0.15) is 11.1 Å². The Bertz CT molecular complexity index is 410.